The number of hydrogen-bond donors (Lipinski definition) is 2. The number of rotatable bonds is 3. The Bertz CT molecular complexity index is 1000. The Morgan fingerprint density at radius 2 is 1.62 bits per heavy atom. The number of amides is 1. The first-order valence-electron chi connectivity index (χ1n) is 8.04. The quantitative estimate of drug-likeness (QED) is 0.588. The van der Waals surface area contributed by atoms with Crippen molar-refractivity contribution in [1.82, 2.24) is 10.3 Å². The van der Waals surface area contributed by atoms with Crippen molar-refractivity contribution in [2.75, 3.05) is 0 Å². The van der Waals surface area contributed by atoms with Gasteiger partial charge in [0.15, 0.2) is 0 Å². The number of pyridine rings is 1. The summed E-state index contributed by atoms with van der Waals surface area (Å²) in [6.45, 7) is 2.88. The number of nitrogens with one attached hydrogen (secondary N) is 1. The van der Waals surface area contributed by atoms with E-state index in [0.717, 1.165) is 11.2 Å². The predicted molar refractivity (Wildman–Crippen MR) is 98.3 cm³/mol. The van der Waals surface area contributed by atoms with Gasteiger partial charge in [-0.2, -0.15) is 0 Å². The zero-order chi connectivity index (χ0) is 18.7. The lowest BCUT2D eigenvalue weighted by Crippen LogP contribution is -2.49. The monoisotopic (exact) mass is 350 g/mol. The molecule has 4 aromatic rings. The third-order valence-corrected chi connectivity index (χ3v) is 3.91. The molecule has 3 heterocycles. The van der Waals surface area contributed by atoms with Crippen molar-refractivity contribution in [3.8, 4) is 0 Å². The highest BCUT2D eigenvalue weighted by atomic mass is 16.4. The maximum atomic E-state index is 12.2. The van der Waals surface area contributed by atoms with E-state index in [1.807, 2.05) is 36.4 Å². The molecule has 0 aliphatic carbocycles. The van der Waals surface area contributed by atoms with Crippen LogP contribution >= 0.6 is 0 Å². The first-order chi connectivity index (χ1) is 12.4. The first-order valence-corrected chi connectivity index (χ1v) is 8.04. The molecule has 3 aromatic heterocycles. The van der Waals surface area contributed by atoms with Crippen LogP contribution in [0.1, 0.15) is 24.2 Å². The van der Waals surface area contributed by atoms with Crippen molar-refractivity contribution in [3.05, 3.63) is 66.4 Å². The molecule has 6 nitrogen and oxygen atoms in total. The lowest BCUT2D eigenvalue weighted by molar-refractivity contribution is -0.143. The third kappa shape index (κ3) is 3.64. The fraction of sp³-hybridized carbons (Fsp3) is 0.150. The number of aliphatic carboxylic acids is 1. The molecule has 0 aliphatic rings. The van der Waals surface area contributed by atoms with E-state index in [1.165, 1.54) is 20.0 Å². The van der Waals surface area contributed by atoms with Crippen LogP contribution in [0.5, 0.6) is 0 Å². The van der Waals surface area contributed by atoms with Gasteiger partial charge in [-0.1, -0.05) is 18.2 Å². The van der Waals surface area contributed by atoms with Crippen LogP contribution in [0.15, 0.2) is 65.2 Å². The number of furan rings is 2. The summed E-state index contributed by atoms with van der Waals surface area (Å²) in [5.41, 5.74) is 1.73. The average Bonchev–Trinajstić information content (AvgIpc) is 3.27. The summed E-state index contributed by atoms with van der Waals surface area (Å²) in [7, 11) is 0. The van der Waals surface area contributed by atoms with E-state index in [4.69, 9.17) is 9.52 Å². The van der Waals surface area contributed by atoms with Gasteiger partial charge in [0.05, 0.1) is 11.1 Å². The van der Waals surface area contributed by atoms with Crippen LogP contribution in [-0.2, 0) is 4.79 Å². The Kier molecular flexibility index (Phi) is 4.58. The van der Waals surface area contributed by atoms with Crippen LogP contribution in [0, 0.1) is 0 Å². The average molecular weight is 350 g/mol. The SMILES string of the molecule is CC(C)(NC(=O)c1ccnc2ccccc12)C(=O)O.c1cc2ccc1o2. The van der Waals surface area contributed by atoms with Gasteiger partial charge < -0.3 is 14.8 Å². The van der Waals surface area contributed by atoms with Crippen LogP contribution in [0.4, 0.5) is 0 Å². The van der Waals surface area contributed by atoms with Gasteiger partial charge in [-0.25, -0.2) is 4.79 Å². The molecule has 1 aromatic carbocycles. The molecule has 0 unspecified atom stereocenters. The molecule has 26 heavy (non-hydrogen) atoms. The summed E-state index contributed by atoms with van der Waals surface area (Å²) in [6, 6.07) is 16.6. The van der Waals surface area contributed by atoms with Gasteiger partial charge in [0.1, 0.15) is 16.7 Å². The number of hydrogen-bond acceptors (Lipinski definition) is 4. The summed E-state index contributed by atoms with van der Waals surface area (Å²) in [4.78, 5) is 27.4. The van der Waals surface area contributed by atoms with E-state index in [2.05, 4.69) is 10.3 Å². The molecule has 0 spiro atoms. The van der Waals surface area contributed by atoms with E-state index in [-0.39, 0.29) is 0 Å². The van der Waals surface area contributed by atoms with E-state index >= 15 is 0 Å². The number of para-hydroxylation sites is 1. The fourth-order valence-electron chi connectivity index (χ4n) is 2.41. The third-order valence-electron chi connectivity index (χ3n) is 3.91. The van der Waals surface area contributed by atoms with Gasteiger partial charge in [-0.05, 0) is 50.2 Å². The van der Waals surface area contributed by atoms with Crippen molar-refractivity contribution in [2.45, 2.75) is 19.4 Å². The molecule has 4 rings (SSSR count). The maximum absolute atomic E-state index is 12.2. The summed E-state index contributed by atoms with van der Waals surface area (Å²) < 4.78 is 5.08. The zero-order valence-electron chi connectivity index (χ0n) is 14.4. The van der Waals surface area contributed by atoms with Gasteiger partial charge in [-0.15, -0.1) is 0 Å². The molecule has 2 bridgehead atoms. The number of aromatic nitrogens is 1. The van der Waals surface area contributed by atoms with E-state index < -0.39 is 17.4 Å². The van der Waals surface area contributed by atoms with E-state index in [1.54, 1.807) is 18.2 Å². The number of nitrogens with zero attached hydrogens (tertiary/aromatic N) is 1. The standard InChI is InChI=1S/C14H14N2O3.C6H4O/c1-14(2,13(18)19)16-12(17)10-7-8-15-11-6-4-3-5-9(10)11;1-2-6-4-3-5(1)7-6/h3-8H,1-2H3,(H,16,17)(H,18,19);1-4H. The summed E-state index contributed by atoms with van der Waals surface area (Å²) in [6.07, 6.45) is 1.53. The lowest BCUT2D eigenvalue weighted by atomic mass is 10.0. The van der Waals surface area contributed by atoms with Crippen molar-refractivity contribution in [2.24, 2.45) is 0 Å². The second-order valence-electron chi connectivity index (χ2n) is 6.33. The van der Waals surface area contributed by atoms with Crippen LogP contribution in [0.2, 0.25) is 0 Å². The predicted octanol–water partition coefficient (Wildman–Crippen LogP) is 3.70. The Morgan fingerprint density at radius 3 is 2.15 bits per heavy atom. The van der Waals surface area contributed by atoms with Crippen molar-refractivity contribution < 1.29 is 19.1 Å². The van der Waals surface area contributed by atoms with Gasteiger partial charge in [0.25, 0.3) is 5.91 Å². The van der Waals surface area contributed by atoms with E-state index in [9.17, 15) is 9.59 Å². The Morgan fingerprint density at radius 1 is 1.00 bits per heavy atom. The molecule has 6 heteroatoms. The van der Waals surface area contributed by atoms with Crippen molar-refractivity contribution in [3.63, 3.8) is 0 Å². The van der Waals surface area contributed by atoms with Crippen LogP contribution in [0.25, 0.3) is 22.1 Å². The normalized spacial score (nSPS) is 11.2. The number of carboxylic acids is 1. The zero-order valence-corrected chi connectivity index (χ0v) is 14.4. The Balaban J connectivity index is 0.000000229. The van der Waals surface area contributed by atoms with Gasteiger partial charge in [0, 0.05) is 11.6 Å². The summed E-state index contributed by atoms with van der Waals surface area (Å²) >= 11 is 0. The lowest BCUT2D eigenvalue weighted by Gasteiger charge is -2.21. The van der Waals surface area contributed by atoms with Gasteiger partial charge >= 0.3 is 5.97 Å². The molecular weight excluding hydrogens is 332 g/mol. The molecule has 0 radical (unpaired) electrons. The first kappa shape index (κ1) is 17.4. The number of benzene rings is 2. The number of carbonyl (C=O) groups is 2. The number of carboxylic acid groups (broad SMARTS) is 1. The molecule has 1 amide bonds. The van der Waals surface area contributed by atoms with Gasteiger partial charge in [0.2, 0.25) is 0 Å². The van der Waals surface area contributed by atoms with Crippen molar-refractivity contribution in [1.29, 1.82) is 0 Å². The largest absolute Gasteiger partial charge is 0.480 e. The minimum absolute atomic E-state index is 0.417. The molecule has 132 valence electrons. The highest BCUT2D eigenvalue weighted by Crippen LogP contribution is 2.17. The second-order valence-corrected chi connectivity index (χ2v) is 6.33. The summed E-state index contributed by atoms with van der Waals surface area (Å²) in [5.74, 6) is -1.51. The minimum atomic E-state index is -1.32. The smallest absolute Gasteiger partial charge is 0.328 e. The Labute approximate surface area is 149 Å². The number of carbonyl (C=O) groups excluding carboxylic acids is 1. The maximum Gasteiger partial charge on any atom is 0.328 e. The topological polar surface area (TPSA) is 92.4 Å². The highest BCUT2D eigenvalue weighted by Gasteiger charge is 2.29. The van der Waals surface area contributed by atoms with Crippen molar-refractivity contribution >= 4 is 33.9 Å². The van der Waals surface area contributed by atoms with Crippen LogP contribution in [-0.4, -0.2) is 27.5 Å². The molecule has 0 fully saturated rings. The Hall–Kier alpha value is -3.41. The number of fused-ring (bicyclic) bond motifs is 3. The second kappa shape index (κ2) is 6.84. The highest BCUT2D eigenvalue weighted by molar-refractivity contribution is 6.07. The minimum Gasteiger partial charge on any atom is -0.480 e. The molecule has 0 aliphatic heterocycles. The van der Waals surface area contributed by atoms with E-state index in [0.29, 0.717) is 16.5 Å². The molecule has 0 saturated heterocycles. The molecular formula is C20H18N2O4. The van der Waals surface area contributed by atoms with Crippen LogP contribution in [0.3, 0.4) is 0 Å². The van der Waals surface area contributed by atoms with Gasteiger partial charge in [-0.3, -0.25) is 9.78 Å². The molecule has 2 N–H and O–H groups in total. The van der Waals surface area contributed by atoms with Crippen LogP contribution < -0.4 is 5.32 Å². The molecule has 0 atom stereocenters. The fourth-order valence-corrected chi connectivity index (χ4v) is 2.41. The molecule has 0 saturated carbocycles. The summed E-state index contributed by atoms with van der Waals surface area (Å²) in [5, 5.41) is 12.2.